The van der Waals surface area contributed by atoms with Crippen LogP contribution < -0.4 is 0 Å². The largest absolute Gasteiger partial charge is 0.462 e. The van der Waals surface area contributed by atoms with E-state index in [1.54, 1.807) is 0 Å². The van der Waals surface area contributed by atoms with Crippen molar-refractivity contribution < 1.29 is 19.1 Å². The van der Waals surface area contributed by atoms with Gasteiger partial charge in [-0.25, -0.2) is 0 Å². The third-order valence-electron chi connectivity index (χ3n) is 9.69. The van der Waals surface area contributed by atoms with Gasteiger partial charge in [-0.2, -0.15) is 0 Å². The zero-order valence-corrected chi connectivity index (χ0v) is 22.0. The first kappa shape index (κ1) is 23.8. The van der Waals surface area contributed by atoms with Crippen LogP contribution in [-0.4, -0.2) is 18.0 Å². The van der Waals surface area contributed by atoms with Crippen molar-refractivity contribution in [1.29, 1.82) is 0 Å². The molecule has 7 rings (SSSR count). The Labute approximate surface area is 214 Å². The first-order valence-corrected chi connectivity index (χ1v) is 13.9. The van der Waals surface area contributed by atoms with E-state index in [-0.39, 0.29) is 29.9 Å². The van der Waals surface area contributed by atoms with Gasteiger partial charge in [0.15, 0.2) is 0 Å². The molecule has 2 aromatic rings. The van der Waals surface area contributed by atoms with Gasteiger partial charge >= 0.3 is 11.9 Å². The average Bonchev–Trinajstić information content (AvgIpc) is 2.85. The molecule has 5 aliphatic carbocycles. The lowest BCUT2D eigenvalue weighted by atomic mass is 9.50. The molecule has 0 saturated heterocycles. The van der Waals surface area contributed by atoms with Crippen LogP contribution in [0.15, 0.2) is 36.4 Å². The molecule has 4 nitrogen and oxygen atoms in total. The van der Waals surface area contributed by atoms with Gasteiger partial charge in [-0.1, -0.05) is 44.2 Å². The molecule has 4 heteroatoms. The molecule has 36 heavy (non-hydrogen) atoms. The van der Waals surface area contributed by atoms with E-state index in [9.17, 15) is 9.59 Å². The minimum absolute atomic E-state index is 0.0340. The highest BCUT2D eigenvalue weighted by atomic mass is 16.6. The predicted octanol–water partition coefficient (Wildman–Crippen LogP) is 6.83. The Kier molecular flexibility index (Phi) is 5.77. The SMILES string of the molecule is CCC(C)C(=O)OC1C2CC3CC1CC(C2)C3C(=O)OC(C)(C)c1cc2c3c(cccc3c1)CC=C2. The lowest BCUT2D eigenvalue weighted by Crippen LogP contribution is -2.56. The van der Waals surface area contributed by atoms with Crippen LogP contribution in [0.5, 0.6) is 0 Å². The number of rotatable bonds is 6. The summed E-state index contributed by atoms with van der Waals surface area (Å²) >= 11 is 0. The average molecular weight is 487 g/mol. The molecule has 4 bridgehead atoms. The van der Waals surface area contributed by atoms with E-state index < -0.39 is 5.60 Å². The lowest BCUT2D eigenvalue weighted by molar-refractivity contribution is -0.195. The fourth-order valence-electron chi connectivity index (χ4n) is 7.71. The minimum atomic E-state index is -0.702. The molecule has 4 saturated carbocycles. The molecule has 1 atom stereocenters. The van der Waals surface area contributed by atoms with E-state index in [0.717, 1.165) is 44.1 Å². The number of carbonyl (C=O) groups is 2. The summed E-state index contributed by atoms with van der Waals surface area (Å²) in [4.78, 5) is 26.2. The fraction of sp³-hybridized carbons (Fsp3) is 0.562. The van der Waals surface area contributed by atoms with Gasteiger partial charge in [-0.15, -0.1) is 0 Å². The zero-order chi connectivity index (χ0) is 25.2. The van der Waals surface area contributed by atoms with Crippen LogP contribution in [0.1, 0.15) is 76.5 Å². The second-order valence-corrected chi connectivity index (χ2v) is 12.3. The van der Waals surface area contributed by atoms with Gasteiger partial charge in [0, 0.05) is 0 Å². The van der Waals surface area contributed by atoms with Crippen molar-refractivity contribution in [1.82, 2.24) is 0 Å². The van der Waals surface area contributed by atoms with Crippen molar-refractivity contribution in [3.8, 4) is 0 Å². The van der Waals surface area contributed by atoms with E-state index in [1.807, 2.05) is 27.7 Å². The monoisotopic (exact) mass is 486 g/mol. The minimum Gasteiger partial charge on any atom is -0.462 e. The Morgan fingerprint density at radius 1 is 1.03 bits per heavy atom. The molecule has 0 aromatic heterocycles. The highest BCUT2D eigenvalue weighted by Gasteiger charge is 2.57. The first-order chi connectivity index (χ1) is 17.2. The molecule has 0 aliphatic heterocycles. The molecule has 0 radical (unpaired) electrons. The van der Waals surface area contributed by atoms with E-state index in [2.05, 4.69) is 42.5 Å². The van der Waals surface area contributed by atoms with Crippen molar-refractivity contribution in [2.45, 2.75) is 77.9 Å². The number of hydrogen-bond donors (Lipinski definition) is 0. The van der Waals surface area contributed by atoms with Crippen LogP contribution in [0.25, 0.3) is 16.8 Å². The quantitative estimate of drug-likeness (QED) is 0.420. The second-order valence-electron chi connectivity index (χ2n) is 12.3. The Balaban J connectivity index is 1.18. The van der Waals surface area contributed by atoms with E-state index in [1.165, 1.54) is 21.9 Å². The fourth-order valence-corrected chi connectivity index (χ4v) is 7.71. The van der Waals surface area contributed by atoms with Crippen LogP contribution in [-0.2, 0) is 31.1 Å². The predicted molar refractivity (Wildman–Crippen MR) is 141 cm³/mol. The first-order valence-electron chi connectivity index (χ1n) is 13.9. The van der Waals surface area contributed by atoms with Gasteiger partial charge < -0.3 is 9.47 Å². The molecule has 5 aliphatic rings. The molecular formula is C32H38O4. The van der Waals surface area contributed by atoms with Crippen molar-refractivity contribution >= 4 is 28.8 Å². The maximum Gasteiger partial charge on any atom is 0.310 e. The molecule has 190 valence electrons. The van der Waals surface area contributed by atoms with Gasteiger partial charge in [0.2, 0.25) is 0 Å². The summed E-state index contributed by atoms with van der Waals surface area (Å²) < 4.78 is 12.4. The number of hydrogen-bond acceptors (Lipinski definition) is 4. The summed E-state index contributed by atoms with van der Waals surface area (Å²) in [5.74, 6) is 1.31. The van der Waals surface area contributed by atoms with E-state index in [4.69, 9.17) is 9.47 Å². The maximum absolute atomic E-state index is 13.7. The third kappa shape index (κ3) is 3.88. The number of ether oxygens (including phenoxy) is 2. The van der Waals surface area contributed by atoms with Crippen LogP contribution in [0, 0.1) is 35.5 Å². The molecule has 0 N–H and O–H groups in total. The molecule has 0 spiro atoms. The third-order valence-corrected chi connectivity index (χ3v) is 9.69. The molecule has 1 unspecified atom stereocenters. The molecule has 0 heterocycles. The van der Waals surface area contributed by atoms with Gasteiger partial charge in [-0.3, -0.25) is 9.59 Å². The Morgan fingerprint density at radius 2 is 1.72 bits per heavy atom. The molecular weight excluding hydrogens is 448 g/mol. The summed E-state index contributed by atoms with van der Waals surface area (Å²) in [5.41, 5.74) is 2.91. The van der Waals surface area contributed by atoms with Crippen molar-refractivity contribution in [3.63, 3.8) is 0 Å². The van der Waals surface area contributed by atoms with Gasteiger partial charge in [-0.05, 0) is 116 Å². The smallest absolute Gasteiger partial charge is 0.310 e. The van der Waals surface area contributed by atoms with Gasteiger partial charge in [0.1, 0.15) is 11.7 Å². The van der Waals surface area contributed by atoms with Crippen molar-refractivity contribution in [2.24, 2.45) is 35.5 Å². The zero-order valence-electron chi connectivity index (χ0n) is 22.0. The Hall–Kier alpha value is -2.62. The normalized spacial score (nSPS) is 30.9. The number of carbonyl (C=O) groups excluding carboxylic acids is 2. The van der Waals surface area contributed by atoms with Crippen LogP contribution in [0.3, 0.4) is 0 Å². The standard InChI is InChI=1S/C32H38O4/c1-5-18(2)30(33)35-29-24-12-22-13-25(29)15-23(14-24)28(22)31(34)36-32(3,4)26-16-20-10-6-8-19-9-7-11-21(17-26)27(19)20/h6-8,10-11,16-18,22-25,28-29H,5,9,12-15H2,1-4H3. The molecule has 2 aromatic carbocycles. The summed E-state index contributed by atoms with van der Waals surface area (Å²) in [7, 11) is 0. The summed E-state index contributed by atoms with van der Waals surface area (Å²) in [6, 6.07) is 10.9. The van der Waals surface area contributed by atoms with Gasteiger partial charge in [0.25, 0.3) is 0 Å². The molecule has 0 amide bonds. The van der Waals surface area contributed by atoms with E-state index >= 15 is 0 Å². The topological polar surface area (TPSA) is 52.6 Å². The van der Waals surface area contributed by atoms with Crippen molar-refractivity contribution in [2.75, 3.05) is 0 Å². The van der Waals surface area contributed by atoms with Crippen LogP contribution >= 0.6 is 0 Å². The van der Waals surface area contributed by atoms with Crippen LogP contribution in [0.4, 0.5) is 0 Å². The summed E-state index contributed by atoms with van der Waals surface area (Å²) in [6.45, 7) is 8.03. The maximum atomic E-state index is 13.7. The number of esters is 2. The Bertz CT molecular complexity index is 1210. The summed E-state index contributed by atoms with van der Waals surface area (Å²) in [5, 5.41) is 2.52. The highest BCUT2D eigenvalue weighted by Crippen LogP contribution is 2.58. The van der Waals surface area contributed by atoms with Gasteiger partial charge in [0.05, 0.1) is 11.8 Å². The van der Waals surface area contributed by atoms with E-state index in [0.29, 0.717) is 23.7 Å². The van der Waals surface area contributed by atoms with Crippen LogP contribution in [0.2, 0.25) is 0 Å². The number of benzene rings is 2. The highest BCUT2D eigenvalue weighted by molar-refractivity contribution is 5.95. The van der Waals surface area contributed by atoms with Crippen molar-refractivity contribution in [3.05, 3.63) is 53.1 Å². The number of allylic oxidation sites excluding steroid dienone is 1. The molecule has 4 fully saturated rings. The summed E-state index contributed by atoms with van der Waals surface area (Å²) in [6.07, 6.45) is 10.1. The lowest BCUT2D eigenvalue weighted by Gasteiger charge is -2.56. The Morgan fingerprint density at radius 3 is 2.39 bits per heavy atom. The second kappa shape index (κ2) is 8.75.